The molecule has 2 aliphatic rings. The van der Waals surface area contributed by atoms with E-state index in [9.17, 15) is 9.59 Å². The molecule has 0 aromatic heterocycles. The Morgan fingerprint density at radius 1 is 1.11 bits per heavy atom. The number of rotatable bonds is 6. The fourth-order valence-corrected chi connectivity index (χ4v) is 3.42. The number of nitrogens with one attached hydrogen (secondary N) is 1. The van der Waals surface area contributed by atoms with E-state index in [0.717, 1.165) is 11.1 Å². The van der Waals surface area contributed by atoms with Gasteiger partial charge in [0.1, 0.15) is 17.9 Å². The summed E-state index contributed by atoms with van der Waals surface area (Å²) in [5.74, 6) is 1.79. The number of nitrogens with zero attached hydrogens (tertiary/aromatic N) is 1. The highest BCUT2D eigenvalue weighted by atomic mass is 16.7. The first-order valence-electron chi connectivity index (χ1n) is 9.17. The molecule has 4 rings (SSSR count). The number of imide groups is 1. The SMILES string of the molecule is Cc1ccc(OCCN2C(=O)N[C@](C)(Cc3ccc4c(c3)OCO4)C2=O)cc1. The molecule has 2 aromatic carbocycles. The van der Waals surface area contributed by atoms with Crippen molar-refractivity contribution in [3.8, 4) is 17.2 Å². The van der Waals surface area contributed by atoms with Gasteiger partial charge in [0, 0.05) is 6.42 Å². The molecule has 0 unspecified atom stereocenters. The molecule has 1 fully saturated rings. The van der Waals surface area contributed by atoms with E-state index < -0.39 is 11.6 Å². The van der Waals surface area contributed by atoms with Crippen LogP contribution in [-0.2, 0) is 11.2 Å². The average molecular weight is 382 g/mol. The molecular weight excluding hydrogens is 360 g/mol. The van der Waals surface area contributed by atoms with Crippen molar-refractivity contribution in [1.82, 2.24) is 10.2 Å². The van der Waals surface area contributed by atoms with Crippen molar-refractivity contribution in [3.63, 3.8) is 0 Å². The van der Waals surface area contributed by atoms with Crippen molar-refractivity contribution < 1.29 is 23.8 Å². The monoisotopic (exact) mass is 382 g/mol. The Morgan fingerprint density at radius 2 is 1.86 bits per heavy atom. The quantitative estimate of drug-likeness (QED) is 0.778. The average Bonchev–Trinajstić information content (AvgIpc) is 3.21. The molecule has 0 bridgehead atoms. The maximum Gasteiger partial charge on any atom is 0.325 e. The number of hydrogen-bond donors (Lipinski definition) is 1. The van der Waals surface area contributed by atoms with Gasteiger partial charge in [-0.3, -0.25) is 9.69 Å². The number of aryl methyl sites for hydroxylation is 1. The second kappa shape index (κ2) is 7.07. The van der Waals surface area contributed by atoms with Gasteiger partial charge in [-0.15, -0.1) is 0 Å². The minimum absolute atomic E-state index is 0.190. The second-order valence-corrected chi connectivity index (χ2v) is 7.24. The van der Waals surface area contributed by atoms with Crippen molar-refractivity contribution in [2.24, 2.45) is 0 Å². The van der Waals surface area contributed by atoms with Crippen LogP contribution in [0.4, 0.5) is 4.79 Å². The Hall–Kier alpha value is -3.22. The third kappa shape index (κ3) is 3.47. The summed E-state index contributed by atoms with van der Waals surface area (Å²) < 4.78 is 16.3. The molecule has 7 heteroatoms. The molecule has 7 nitrogen and oxygen atoms in total. The van der Waals surface area contributed by atoms with Gasteiger partial charge in [-0.2, -0.15) is 0 Å². The number of benzene rings is 2. The predicted molar refractivity (Wildman–Crippen MR) is 102 cm³/mol. The van der Waals surface area contributed by atoms with Crippen molar-refractivity contribution in [2.45, 2.75) is 25.8 Å². The van der Waals surface area contributed by atoms with Crippen LogP contribution in [0.2, 0.25) is 0 Å². The van der Waals surface area contributed by atoms with E-state index in [2.05, 4.69) is 5.32 Å². The standard InChI is InChI=1S/C21H22N2O5/c1-14-3-6-16(7-4-14)26-10-9-23-19(24)21(2,22-20(23)25)12-15-5-8-17-18(11-15)28-13-27-17/h3-8,11H,9-10,12-13H2,1-2H3,(H,22,25)/t21-/m1/s1. The summed E-state index contributed by atoms with van der Waals surface area (Å²) in [6.45, 7) is 4.36. The summed E-state index contributed by atoms with van der Waals surface area (Å²) >= 11 is 0. The summed E-state index contributed by atoms with van der Waals surface area (Å²) in [7, 11) is 0. The van der Waals surface area contributed by atoms with Crippen LogP contribution >= 0.6 is 0 Å². The van der Waals surface area contributed by atoms with Crippen LogP contribution in [0.25, 0.3) is 0 Å². The molecule has 0 aliphatic carbocycles. The number of urea groups is 1. The van der Waals surface area contributed by atoms with E-state index in [0.29, 0.717) is 23.7 Å². The fourth-order valence-electron chi connectivity index (χ4n) is 3.42. The van der Waals surface area contributed by atoms with Gasteiger partial charge in [0.05, 0.1) is 6.54 Å². The molecular formula is C21H22N2O5. The van der Waals surface area contributed by atoms with Crippen molar-refractivity contribution in [3.05, 3.63) is 53.6 Å². The molecule has 2 aromatic rings. The first-order chi connectivity index (χ1) is 13.4. The Kier molecular flexibility index (Phi) is 4.58. The van der Waals surface area contributed by atoms with Crippen LogP contribution in [0.5, 0.6) is 17.2 Å². The van der Waals surface area contributed by atoms with Gasteiger partial charge in [-0.25, -0.2) is 4.79 Å². The molecule has 0 radical (unpaired) electrons. The van der Waals surface area contributed by atoms with Crippen LogP contribution in [-0.4, -0.2) is 42.3 Å². The summed E-state index contributed by atoms with van der Waals surface area (Å²) in [5.41, 5.74) is 1.02. The third-order valence-electron chi connectivity index (χ3n) is 4.94. The molecule has 1 atom stereocenters. The lowest BCUT2D eigenvalue weighted by atomic mass is 9.92. The highest BCUT2D eigenvalue weighted by molar-refractivity contribution is 6.07. The van der Waals surface area contributed by atoms with Crippen molar-refractivity contribution in [1.29, 1.82) is 0 Å². The fraction of sp³-hybridized carbons (Fsp3) is 0.333. The highest BCUT2D eigenvalue weighted by Crippen LogP contribution is 2.34. The lowest BCUT2D eigenvalue weighted by molar-refractivity contribution is -0.131. The van der Waals surface area contributed by atoms with E-state index in [1.54, 1.807) is 6.92 Å². The number of ether oxygens (including phenoxy) is 3. The maximum atomic E-state index is 12.9. The Bertz CT molecular complexity index is 912. The van der Waals surface area contributed by atoms with Gasteiger partial charge in [0.25, 0.3) is 5.91 Å². The van der Waals surface area contributed by atoms with Gasteiger partial charge >= 0.3 is 6.03 Å². The minimum Gasteiger partial charge on any atom is -0.492 e. The van der Waals surface area contributed by atoms with Crippen LogP contribution in [0.3, 0.4) is 0 Å². The van der Waals surface area contributed by atoms with E-state index in [-0.39, 0.29) is 25.9 Å². The maximum absolute atomic E-state index is 12.9. The van der Waals surface area contributed by atoms with Gasteiger partial charge in [0.2, 0.25) is 6.79 Å². The van der Waals surface area contributed by atoms with Gasteiger partial charge < -0.3 is 19.5 Å². The van der Waals surface area contributed by atoms with Crippen molar-refractivity contribution in [2.75, 3.05) is 19.9 Å². The predicted octanol–water partition coefficient (Wildman–Crippen LogP) is 2.66. The Balaban J connectivity index is 1.39. The minimum atomic E-state index is -1.01. The summed E-state index contributed by atoms with van der Waals surface area (Å²) in [5, 5.41) is 2.81. The molecule has 0 spiro atoms. The molecule has 1 saturated heterocycles. The first-order valence-corrected chi connectivity index (χ1v) is 9.17. The summed E-state index contributed by atoms with van der Waals surface area (Å²) in [6.07, 6.45) is 0.365. The van der Waals surface area contributed by atoms with Crippen LogP contribution < -0.4 is 19.5 Å². The van der Waals surface area contributed by atoms with Crippen LogP contribution in [0, 0.1) is 6.92 Å². The van der Waals surface area contributed by atoms with Crippen LogP contribution in [0.15, 0.2) is 42.5 Å². The zero-order valence-corrected chi connectivity index (χ0v) is 15.9. The Morgan fingerprint density at radius 3 is 2.64 bits per heavy atom. The van der Waals surface area contributed by atoms with Gasteiger partial charge in [-0.05, 0) is 43.7 Å². The summed E-state index contributed by atoms with van der Waals surface area (Å²) in [6, 6.07) is 12.8. The zero-order chi connectivity index (χ0) is 19.7. The largest absolute Gasteiger partial charge is 0.492 e. The van der Waals surface area contributed by atoms with Crippen molar-refractivity contribution >= 4 is 11.9 Å². The molecule has 146 valence electrons. The van der Waals surface area contributed by atoms with E-state index in [1.807, 2.05) is 49.4 Å². The molecule has 2 heterocycles. The number of fused-ring (bicyclic) bond motifs is 1. The number of amides is 3. The van der Waals surface area contributed by atoms with Crippen LogP contribution in [0.1, 0.15) is 18.1 Å². The summed E-state index contributed by atoms with van der Waals surface area (Å²) in [4.78, 5) is 26.5. The lowest BCUT2D eigenvalue weighted by Crippen LogP contribution is -2.46. The molecule has 0 saturated carbocycles. The number of carbonyl (C=O) groups excluding carboxylic acids is 2. The topological polar surface area (TPSA) is 77.1 Å². The molecule has 3 amide bonds. The smallest absolute Gasteiger partial charge is 0.325 e. The zero-order valence-electron chi connectivity index (χ0n) is 15.9. The lowest BCUT2D eigenvalue weighted by Gasteiger charge is -2.22. The van der Waals surface area contributed by atoms with E-state index in [4.69, 9.17) is 14.2 Å². The van der Waals surface area contributed by atoms with Gasteiger partial charge in [0.15, 0.2) is 11.5 Å². The second-order valence-electron chi connectivity index (χ2n) is 7.24. The molecule has 1 N–H and O–H groups in total. The first kappa shape index (κ1) is 18.2. The molecule has 2 aliphatic heterocycles. The Labute approximate surface area is 163 Å². The van der Waals surface area contributed by atoms with Gasteiger partial charge in [-0.1, -0.05) is 23.8 Å². The number of hydrogen-bond acceptors (Lipinski definition) is 5. The third-order valence-corrected chi connectivity index (χ3v) is 4.94. The number of carbonyl (C=O) groups is 2. The highest BCUT2D eigenvalue weighted by Gasteiger charge is 2.47. The molecule has 28 heavy (non-hydrogen) atoms. The normalized spacial score (nSPS) is 20.4. The van der Waals surface area contributed by atoms with E-state index >= 15 is 0 Å². The van der Waals surface area contributed by atoms with E-state index in [1.165, 1.54) is 4.90 Å².